The molecule has 0 aliphatic rings. The van der Waals surface area contributed by atoms with E-state index < -0.39 is 6.10 Å². The molecule has 0 aliphatic heterocycles. The molecule has 5 nitrogen and oxygen atoms in total. The van der Waals surface area contributed by atoms with Gasteiger partial charge in [-0.15, -0.1) is 0 Å². The number of aliphatic hydroxyl groups excluding tert-OH is 1. The predicted molar refractivity (Wildman–Crippen MR) is 97.1 cm³/mol. The molecule has 25 heavy (non-hydrogen) atoms. The van der Waals surface area contributed by atoms with Crippen molar-refractivity contribution in [2.75, 3.05) is 6.54 Å². The van der Waals surface area contributed by atoms with Crippen LogP contribution in [0.15, 0.2) is 66.9 Å². The number of aromatic nitrogens is 2. The second-order valence-electron chi connectivity index (χ2n) is 5.98. The average Bonchev–Trinajstić information content (AvgIpc) is 3.03. The molecule has 1 aromatic heterocycles. The number of amides is 1. The lowest BCUT2D eigenvalue weighted by Gasteiger charge is -2.12. The highest BCUT2D eigenvalue weighted by Crippen LogP contribution is 2.21. The summed E-state index contributed by atoms with van der Waals surface area (Å²) in [6.45, 7) is 0.191. The van der Waals surface area contributed by atoms with Crippen molar-refractivity contribution in [3.8, 4) is 11.3 Å². The van der Waals surface area contributed by atoms with Crippen LogP contribution in [-0.4, -0.2) is 33.4 Å². The van der Waals surface area contributed by atoms with Crippen LogP contribution in [0.2, 0.25) is 0 Å². The summed E-state index contributed by atoms with van der Waals surface area (Å²) >= 11 is 0. The Kier molecular flexibility index (Phi) is 5.26. The standard InChI is InChI=1S/C20H21N3O2/c1-23-14-18(19(22-23)16-10-6-3-7-11-16)20(25)21-13-17(24)12-15-8-4-2-5-9-15/h2-11,14,17,24H,12-13H2,1H3,(H,21,25). The molecule has 3 rings (SSSR count). The van der Waals surface area contributed by atoms with Gasteiger partial charge >= 0.3 is 0 Å². The van der Waals surface area contributed by atoms with Crippen LogP contribution in [0.3, 0.4) is 0 Å². The molecule has 1 heterocycles. The summed E-state index contributed by atoms with van der Waals surface area (Å²) < 4.78 is 1.62. The molecular formula is C20H21N3O2. The Balaban J connectivity index is 1.66. The minimum atomic E-state index is -0.636. The van der Waals surface area contributed by atoms with Crippen molar-refractivity contribution in [1.82, 2.24) is 15.1 Å². The third-order valence-corrected chi connectivity index (χ3v) is 3.93. The number of nitrogens with one attached hydrogen (secondary N) is 1. The first-order valence-electron chi connectivity index (χ1n) is 8.22. The van der Waals surface area contributed by atoms with Gasteiger partial charge in [0, 0.05) is 31.8 Å². The summed E-state index contributed by atoms with van der Waals surface area (Å²) in [6, 6.07) is 19.3. The van der Waals surface area contributed by atoms with Crippen molar-refractivity contribution in [2.24, 2.45) is 7.05 Å². The predicted octanol–water partition coefficient (Wildman–Crippen LogP) is 2.42. The fraction of sp³-hybridized carbons (Fsp3) is 0.200. The van der Waals surface area contributed by atoms with E-state index in [1.54, 1.807) is 17.9 Å². The molecule has 0 saturated heterocycles. The fourth-order valence-electron chi connectivity index (χ4n) is 2.73. The summed E-state index contributed by atoms with van der Waals surface area (Å²) in [5.74, 6) is -0.237. The highest BCUT2D eigenvalue weighted by atomic mass is 16.3. The fourth-order valence-corrected chi connectivity index (χ4v) is 2.73. The number of rotatable bonds is 6. The van der Waals surface area contributed by atoms with Gasteiger partial charge in [-0.05, 0) is 5.56 Å². The van der Waals surface area contributed by atoms with Crippen LogP contribution < -0.4 is 5.32 Å². The van der Waals surface area contributed by atoms with Crippen LogP contribution in [0.4, 0.5) is 0 Å². The Morgan fingerprint density at radius 3 is 2.44 bits per heavy atom. The second-order valence-corrected chi connectivity index (χ2v) is 5.98. The van der Waals surface area contributed by atoms with Crippen molar-refractivity contribution < 1.29 is 9.90 Å². The molecule has 0 radical (unpaired) electrons. The molecule has 0 spiro atoms. The van der Waals surface area contributed by atoms with Gasteiger partial charge in [-0.1, -0.05) is 60.7 Å². The molecule has 2 aromatic carbocycles. The van der Waals surface area contributed by atoms with Crippen LogP contribution in [0, 0.1) is 0 Å². The maximum Gasteiger partial charge on any atom is 0.255 e. The van der Waals surface area contributed by atoms with Gasteiger partial charge in [0.15, 0.2) is 0 Å². The molecular weight excluding hydrogens is 314 g/mol. The van der Waals surface area contributed by atoms with Crippen molar-refractivity contribution in [2.45, 2.75) is 12.5 Å². The SMILES string of the molecule is Cn1cc(C(=O)NCC(O)Cc2ccccc2)c(-c2ccccc2)n1. The molecule has 0 fully saturated rings. The lowest BCUT2D eigenvalue weighted by Crippen LogP contribution is -2.33. The Bertz CT molecular complexity index is 829. The number of hydrogen-bond acceptors (Lipinski definition) is 3. The molecule has 0 aliphatic carbocycles. The van der Waals surface area contributed by atoms with E-state index >= 15 is 0 Å². The third kappa shape index (κ3) is 4.33. The number of nitrogens with zero attached hydrogens (tertiary/aromatic N) is 2. The molecule has 1 unspecified atom stereocenters. The molecule has 1 atom stereocenters. The summed E-state index contributed by atoms with van der Waals surface area (Å²) in [5, 5.41) is 17.3. The van der Waals surface area contributed by atoms with E-state index in [1.165, 1.54) is 0 Å². The zero-order valence-electron chi connectivity index (χ0n) is 14.1. The van der Waals surface area contributed by atoms with Crippen LogP contribution in [0.1, 0.15) is 15.9 Å². The molecule has 5 heteroatoms. The van der Waals surface area contributed by atoms with Gasteiger partial charge in [-0.2, -0.15) is 5.10 Å². The average molecular weight is 335 g/mol. The minimum absolute atomic E-state index is 0.191. The zero-order chi connectivity index (χ0) is 17.6. The summed E-state index contributed by atoms with van der Waals surface area (Å²) in [6.07, 6.45) is 1.56. The topological polar surface area (TPSA) is 67.2 Å². The normalized spacial score (nSPS) is 11.9. The zero-order valence-corrected chi connectivity index (χ0v) is 14.1. The van der Waals surface area contributed by atoms with Gasteiger partial charge in [-0.25, -0.2) is 0 Å². The number of benzene rings is 2. The quantitative estimate of drug-likeness (QED) is 0.727. The van der Waals surface area contributed by atoms with E-state index in [9.17, 15) is 9.90 Å². The Hall–Kier alpha value is -2.92. The van der Waals surface area contributed by atoms with E-state index in [0.29, 0.717) is 17.7 Å². The van der Waals surface area contributed by atoms with Crippen molar-refractivity contribution in [1.29, 1.82) is 0 Å². The first-order chi connectivity index (χ1) is 12.1. The van der Waals surface area contributed by atoms with E-state index in [-0.39, 0.29) is 12.5 Å². The summed E-state index contributed by atoms with van der Waals surface area (Å²) in [5.41, 5.74) is 3.06. The van der Waals surface area contributed by atoms with Gasteiger partial charge in [0.1, 0.15) is 5.69 Å². The lowest BCUT2D eigenvalue weighted by atomic mass is 10.1. The summed E-state index contributed by atoms with van der Waals surface area (Å²) in [7, 11) is 1.79. The second kappa shape index (κ2) is 7.77. The van der Waals surface area contributed by atoms with Gasteiger partial charge < -0.3 is 10.4 Å². The first kappa shape index (κ1) is 16.9. The van der Waals surface area contributed by atoms with E-state index in [4.69, 9.17) is 0 Å². The molecule has 1 amide bonds. The first-order valence-corrected chi connectivity index (χ1v) is 8.22. The molecule has 0 bridgehead atoms. The number of aliphatic hydroxyl groups is 1. The molecule has 3 aromatic rings. The Morgan fingerprint density at radius 1 is 1.12 bits per heavy atom. The van der Waals surface area contributed by atoms with E-state index in [0.717, 1.165) is 11.1 Å². The number of aryl methyl sites for hydroxylation is 1. The largest absolute Gasteiger partial charge is 0.391 e. The maximum atomic E-state index is 12.5. The number of hydrogen-bond donors (Lipinski definition) is 2. The maximum absolute atomic E-state index is 12.5. The Morgan fingerprint density at radius 2 is 1.76 bits per heavy atom. The van der Waals surface area contributed by atoms with Gasteiger partial charge in [0.25, 0.3) is 5.91 Å². The highest BCUT2D eigenvalue weighted by Gasteiger charge is 2.17. The van der Waals surface area contributed by atoms with Crippen LogP contribution in [-0.2, 0) is 13.5 Å². The van der Waals surface area contributed by atoms with Crippen LogP contribution in [0.5, 0.6) is 0 Å². The van der Waals surface area contributed by atoms with Crippen LogP contribution >= 0.6 is 0 Å². The third-order valence-electron chi connectivity index (χ3n) is 3.93. The van der Waals surface area contributed by atoms with Crippen molar-refractivity contribution >= 4 is 5.91 Å². The summed E-state index contributed by atoms with van der Waals surface area (Å²) in [4.78, 5) is 12.5. The highest BCUT2D eigenvalue weighted by molar-refractivity contribution is 5.99. The number of carbonyl (C=O) groups excluding carboxylic acids is 1. The minimum Gasteiger partial charge on any atom is -0.391 e. The van der Waals surface area contributed by atoms with Crippen molar-refractivity contribution in [3.63, 3.8) is 0 Å². The monoisotopic (exact) mass is 335 g/mol. The van der Waals surface area contributed by atoms with Crippen molar-refractivity contribution in [3.05, 3.63) is 78.0 Å². The molecule has 2 N–H and O–H groups in total. The van der Waals surface area contributed by atoms with Crippen LogP contribution in [0.25, 0.3) is 11.3 Å². The Labute approximate surface area is 146 Å². The van der Waals surface area contributed by atoms with Gasteiger partial charge in [0.05, 0.1) is 11.7 Å². The number of carbonyl (C=O) groups is 1. The molecule has 128 valence electrons. The van der Waals surface area contributed by atoms with E-state index in [2.05, 4.69) is 10.4 Å². The molecule has 0 saturated carbocycles. The smallest absolute Gasteiger partial charge is 0.255 e. The van der Waals surface area contributed by atoms with Gasteiger partial charge in [-0.3, -0.25) is 9.48 Å². The lowest BCUT2D eigenvalue weighted by molar-refractivity contribution is 0.0916. The van der Waals surface area contributed by atoms with E-state index in [1.807, 2.05) is 60.7 Å². The van der Waals surface area contributed by atoms with Gasteiger partial charge in [0.2, 0.25) is 0 Å².